The summed E-state index contributed by atoms with van der Waals surface area (Å²) in [6.07, 6.45) is 5.77. The molecule has 2 aromatic heterocycles. The van der Waals surface area contributed by atoms with E-state index in [1.807, 2.05) is 12.1 Å². The number of hydrogen-bond donors (Lipinski definition) is 1. The van der Waals surface area contributed by atoms with Crippen molar-refractivity contribution < 1.29 is 0 Å². The second-order valence-corrected chi connectivity index (χ2v) is 4.95. The summed E-state index contributed by atoms with van der Waals surface area (Å²) in [5.41, 5.74) is 1.82. The molecule has 100 valence electrons. The lowest BCUT2D eigenvalue weighted by molar-refractivity contribution is 0.549. The molecule has 0 bridgehead atoms. The van der Waals surface area contributed by atoms with Crippen molar-refractivity contribution in [3.63, 3.8) is 0 Å². The number of nitrogens with zero attached hydrogens (tertiary/aromatic N) is 4. The van der Waals surface area contributed by atoms with Crippen molar-refractivity contribution in [2.45, 2.75) is 25.8 Å². The molecule has 0 aliphatic carbocycles. The third kappa shape index (κ3) is 2.51. The Morgan fingerprint density at radius 2 is 2.32 bits per heavy atom. The lowest BCUT2D eigenvalue weighted by Crippen LogP contribution is -2.33. The van der Waals surface area contributed by atoms with E-state index >= 15 is 0 Å². The van der Waals surface area contributed by atoms with E-state index in [0.29, 0.717) is 6.04 Å². The molecule has 2 aromatic rings. The minimum Gasteiger partial charge on any atom is -0.353 e. The van der Waals surface area contributed by atoms with Gasteiger partial charge in [0, 0.05) is 25.3 Å². The van der Waals surface area contributed by atoms with E-state index in [4.69, 9.17) is 0 Å². The van der Waals surface area contributed by atoms with Gasteiger partial charge in [-0.05, 0) is 31.5 Å². The SMILES string of the molecule is CCCNC1CCN(c2ncnc3cccnc23)C1. The fourth-order valence-electron chi connectivity index (χ4n) is 2.58. The number of fused-ring (bicyclic) bond motifs is 1. The lowest BCUT2D eigenvalue weighted by atomic mass is 10.2. The molecule has 1 aliphatic rings. The molecule has 1 saturated heterocycles. The average Bonchev–Trinajstić information content (AvgIpc) is 2.93. The quantitative estimate of drug-likeness (QED) is 0.901. The molecule has 5 heteroatoms. The van der Waals surface area contributed by atoms with E-state index in [2.05, 4.69) is 32.1 Å². The monoisotopic (exact) mass is 257 g/mol. The Morgan fingerprint density at radius 3 is 3.21 bits per heavy atom. The van der Waals surface area contributed by atoms with Gasteiger partial charge < -0.3 is 10.2 Å². The van der Waals surface area contributed by atoms with Crippen LogP contribution in [0.4, 0.5) is 5.82 Å². The number of anilines is 1. The summed E-state index contributed by atoms with van der Waals surface area (Å²) >= 11 is 0. The van der Waals surface area contributed by atoms with Gasteiger partial charge in [-0.15, -0.1) is 0 Å². The highest BCUT2D eigenvalue weighted by molar-refractivity contribution is 5.85. The molecule has 5 nitrogen and oxygen atoms in total. The maximum Gasteiger partial charge on any atom is 0.158 e. The van der Waals surface area contributed by atoms with Crippen LogP contribution >= 0.6 is 0 Å². The first-order valence-corrected chi connectivity index (χ1v) is 6.92. The van der Waals surface area contributed by atoms with Gasteiger partial charge in [-0.25, -0.2) is 9.97 Å². The van der Waals surface area contributed by atoms with Gasteiger partial charge >= 0.3 is 0 Å². The predicted molar refractivity (Wildman–Crippen MR) is 76.2 cm³/mol. The van der Waals surface area contributed by atoms with Crippen LogP contribution in [0.25, 0.3) is 11.0 Å². The molecular formula is C14H19N5. The minimum absolute atomic E-state index is 0.564. The third-order valence-electron chi connectivity index (χ3n) is 3.55. The highest BCUT2D eigenvalue weighted by Crippen LogP contribution is 2.23. The van der Waals surface area contributed by atoms with Gasteiger partial charge in [0.15, 0.2) is 5.82 Å². The summed E-state index contributed by atoms with van der Waals surface area (Å²) in [4.78, 5) is 15.4. The van der Waals surface area contributed by atoms with Gasteiger partial charge in [-0.2, -0.15) is 0 Å². The van der Waals surface area contributed by atoms with Crippen molar-refractivity contribution in [3.8, 4) is 0 Å². The molecule has 19 heavy (non-hydrogen) atoms. The molecule has 0 saturated carbocycles. The van der Waals surface area contributed by atoms with Crippen LogP contribution in [-0.4, -0.2) is 40.6 Å². The Hall–Kier alpha value is -1.75. The average molecular weight is 257 g/mol. The molecule has 1 aliphatic heterocycles. The largest absolute Gasteiger partial charge is 0.353 e. The molecule has 1 N–H and O–H groups in total. The molecule has 0 spiro atoms. The third-order valence-corrected chi connectivity index (χ3v) is 3.55. The summed E-state index contributed by atoms with van der Waals surface area (Å²) in [6.45, 7) is 5.32. The van der Waals surface area contributed by atoms with Crippen LogP contribution in [0.2, 0.25) is 0 Å². The standard InChI is InChI=1S/C14H19N5/c1-2-6-15-11-5-8-19(9-11)14-13-12(17-10-18-14)4-3-7-16-13/h3-4,7,10-11,15H,2,5-6,8-9H2,1H3. The summed E-state index contributed by atoms with van der Waals surface area (Å²) < 4.78 is 0. The van der Waals surface area contributed by atoms with Gasteiger partial charge in [-0.1, -0.05) is 6.92 Å². The number of aromatic nitrogens is 3. The van der Waals surface area contributed by atoms with Gasteiger partial charge in [0.05, 0.1) is 5.52 Å². The Kier molecular flexibility index (Phi) is 3.55. The molecule has 1 unspecified atom stereocenters. The minimum atomic E-state index is 0.564. The normalized spacial score (nSPS) is 19.2. The maximum absolute atomic E-state index is 4.43. The van der Waals surface area contributed by atoms with Gasteiger partial charge in [0.2, 0.25) is 0 Å². The van der Waals surface area contributed by atoms with E-state index in [-0.39, 0.29) is 0 Å². The zero-order valence-corrected chi connectivity index (χ0v) is 11.2. The van der Waals surface area contributed by atoms with Crippen molar-refractivity contribution in [2.75, 3.05) is 24.5 Å². The second kappa shape index (κ2) is 5.48. The van der Waals surface area contributed by atoms with Crippen molar-refractivity contribution in [1.82, 2.24) is 20.3 Å². The maximum atomic E-state index is 4.43. The summed E-state index contributed by atoms with van der Waals surface area (Å²) in [6, 6.07) is 4.46. The fourth-order valence-corrected chi connectivity index (χ4v) is 2.58. The van der Waals surface area contributed by atoms with Crippen LogP contribution in [0.5, 0.6) is 0 Å². The number of pyridine rings is 1. The molecular weight excluding hydrogens is 238 g/mol. The van der Waals surface area contributed by atoms with Crippen LogP contribution in [-0.2, 0) is 0 Å². The van der Waals surface area contributed by atoms with Crippen molar-refractivity contribution in [3.05, 3.63) is 24.7 Å². The van der Waals surface area contributed by atoms with Crippen molar-refractivity contribution in [1.29, 1.82) is 0 Å². The van der Waals surface area contributed by atoms with E-state index in [1.165, 1.54) is 12.8 Å². The second-order valence-electron chi connectivity index (χ2n) is 4.95. The van der Waals surface area contributed by atoms with Crippen LogP contribution in [0, 0.1) is 0 Å². The first-order chi connectivity index (χ1) is 9.38. The highest BCUT2D eigenvalue weighted by Gasteiger charge is 2.24. The Bertz CT molecular complexity index is 551. The summed E-state index contributed by atoms with van der Waals surface area (Å²) in [5, 5.41) is 3.57. The molecule has 3 heterocycles. The van der Waals surface area contributed by atoms with Crippen LogP contribution in [0.3, 0.4) is 0 Å². The number of hydrogen-bond acceptors (Lipinski definition) is 5. The van der Waals surface area contributed by atoms with E-state index in [9.17, 15) is 0 Å². The zero-order chi connectivity index (χ0) is 13.1. The first-order valence-electron chi connectivity index (χ1n) is 6.92. The fraction of sp³-hybridized carbons (Fsp3) is 0.500. The van der Waals surface area contributed by atoms with Crippen LogP contribution in [0.15, 0.2) is 24.7 Å². The molecule has 0 radical (unpaired) electrons. The molecule has 0 amide bonds. The lowest BCUT2D eigenvalue weighted by Gasteiger charge is -2.18. The van der Waals surface area contributed by atoms with Gasteiger partial charge in [0.1, 0.15) is 11.8 Å². The molecule has 0 aromatic carbocycles. The molecule has 1 fully saturated rings. The predicted octanol–water partition coefficient (Wildman–Crippen LogP) is 1.60. The van der Waals surface area contributed by atoms with Gasteiger partial charge in [-0.3, -0.25) is 4.98 Å². The number of rotatable bonds is 4. The Balaban J connectivity index is 1.82. The summed E-state index contributed by atoms with van der Waals surface area (Å²) in [5.74, 6) is 0.964. The topological polar surface area (TPSA) is 53.9 Å². The van der Waals surface area contributed by atoms with E-state index in [0.717, 1.165) is 36.5 Å². The smallest absolute Gasteiger partial charge is 0.158 e. The first kappa shape index (κ1) is 12.3. The summed E-state index contributed by atoms with van der Waals surface area (Å²) in [7, 11) is 0. The highest BCUT2D eigenvalue weighted by atomic mass is 15.2. The van der Waals surface area contributed by atoms with E-state index < -0.39 is 0 Å². The van der Waals surface area contributed by atoms with Crippen LogP contribution < -0.4 is 10.2 Å². The van der Waals surface area contributed by atoms with Crippen molar-refractivity contribution in [2.24, 2.45) is 0 Å². The molecule has 3 rings (SSSR count). The Labute approximate surface area is 113 Å². The zero-order valence-electron chi connectivity index (χ0n) is 11.2. The Morgan fingerprint density at radius 1 is 1.37 bits per heavy atom. The molecule has 1 atom stereocenters. The van der Waals surface area contributed by atoms with E-state index in [1.54, 1.807) is 12.5 Å². The van der Waals surface area contributed by atoms with Gasteiger partial charge in [0.25, 0.3) is 0 Å². The van der Waals surface area contributed by atoms with Crippen LogP contribution in [0.1, 0.15) is 19.8 Å². The number of nitrogens with one attached hydrogen (secondary N) is 1. The van der Waals surface area contributed by atoms with Crippen molar-refractivity contribution >= 4 is 16.9 Å².